The maximum absolute atomic E-state index is 13.4. The summed E-state index contributed by atoms with van der Waals surface area (Å²) in [5.41, 5.74) is 3.31. The van der Waals surface area contributed by atoms with Gasteiger partial charge in [-0.3, -0.25) is 9.69 Å². The van der Waals surface area contributed by atoms with E-state index in [0.29, 0.717) is 18.1 Å². The van der Waals surface area contributed by atoms with Gasteiger partial charge in [0.25, 0.3) is 5.91 Å². The molecule has 1 fully saturated rings. The van der Waals surface area contributed by atoms with Gasteiger partial charge in [0.2, 0.25) is 0 Å². The van der Waals surface area contributed by atoms with Crippen LogP contribution in [0.2, 0.25) is 0 Å². The van der Waals surface area contributed by atoms with Gasteiger partial charge in [-0.2, -0.15) is 0 Å². The van der Waals surface area contributed by atoms with Crippen LogP contribution in [0.25, 0.3) is 11.0 Å². The van der Waals surface area contributed by atoms with Gasteiger partial charge in [0.05, 0.1) is 5.69 Å². The van der Waals surface area contributed by atoms with E-state index in [-0.39, 0.29) is 11.7 Å². The van der Waals surface area contributed by atoms with Crippen LogP contribution < -0.4 is 4.74 Å². The third-order valence-corrected chi connectivity index (χ3v) is 6.49. The summed E-state index contributed by atoms with van der Waals surface area (Å²) in [6.07, 6.45) is 2.86. The van der Waals surface area contributed by atoms with E-state index in [1.54, 1.807) is 11.0 Å². The number of piperidine rings is 1. The van der Waals surface area contributed by atoms with Crippen molar-refractivity contribution in [2.45, 2.75) is 25.2 Å². The smallest absolute Gasteiger partial charge is 0.254 e. The van der Waals surface area contributed by atoms with E-state index < -0.39 is 0 Å². The standard InChI is InChI=1S/C24H26FN3O3/c1-27-9-6-16-2-4-19(15-21(16)24(27)29)30-13-12-28-10-7-17(8-11-28)23-20-5-3-18(25)14-22(20)31-26-23/h2-5,14-15,17H,6-13H2,1H3. The van der Waals surface area contributed by atoms with Crippen molar-refractivity contribution in [2.24, 2.45) is 0 Å². The molecule has 7 heteroatoms. The minimum atomic E-state index is -0.305. The van der Waals surface area contributed by atoms with E-state index in [4.69, 9.17) is 9.26 Å². The summed E-state index contributed by atoms with van der Waals surface area (Å²) in [7, 11) is 1.84. The van der Waals surface area contributed by atoms with Crippen molar-refractivity contribution >= 4 is 16.9 Å². The summed E-state index contributed by atoms with van der Waals surface area (Å²) in [5.74, 6) is 0.836. The van der Waals surface area contributed by atoms with Gasteiger partial charge in [-0.1, -0.05) is 11.2 Å². The van der Waals surface area contributed by atoms with Crippen molar-refractivity contribution in [1.29, 1.82) is 0 Å². The Balaban J connectivity index is 1.14. The van der Waals surface area contributed by atoms with Gasteiger partial charge in [-0.25, -0.2) is 4.39 Å². The predicted molar refractivity (Wildman–Crippen MR) is 115 cm³/mol. The fourth-order valence-corrected chi connectivity index (χ4v) is 4.61. The Bertz CT molecular complexity index is 1100. The first-order valence-electron chi connectivity index (χ1n) is 10.9. The van der Waals surface area contributed by atoms with Crippen LogP contribution in [-0.2, 0) is 6.42 Å². The Morgan fingerprint density at radius 3 is 2.84 bits per heavy atom. The van der Waals surface area contributed by atoms with Crippen LogP contribution in [0.3, 0.4) is 0 Å². The largest absolute Gasteiger partial charge is 0.492 e. The van der Waals surface area contributed by atoms with Crippen LogP contribution in [0, 0.1) is 5.82 Å². The van der Waals surface area contributed by atoms with Crippen molar-refractivity contribution in [2.75, 3.05) is 39.8 Å². The van der Waals surface area contributed by atoms with Crippen LogP contribution in [-0.4, -0.2) is 60.7 Å². The highest BCUT2D eigenvalue weighted by atomic mass is 19.1. The molecule has 162 valence electrons. The number of hydrogen-bond acceptors (Lipinski definition) is 5. The number of carbonyl (C=O) groups is 1. The number of rotatable bonds is 5. The quantitative estimate of drug-likeness (QED) is 0.624. The molecule has 0 spiro atoms. The molecule has 1 saturated heterocycles. The van der Waals surface area contributed by atoms with Gasteiger partial charge in [0.1, 0.15) is 18.2 Å². The van der Waals surface area contributed by atoms with Gasteiger partial charge < -0.3 is 14.2 Å². The molecule has 2 aliphatic heterocycles. The lowest BCUT2D eigenvalue weighted by molar-refractivity contribution is 0.0780. The molecule has 0 saturated carbocycles. The lowest BCUT2D eigenvalue weighted by Gasteiger charge is -2.31. The van der Waals surface area contributed by atoms with Crippen LogP contribution in [0.1, 0.15) is 40.4 Å². The number of aromatic nitrogens is 1. The minimum absolute atomic E-state index is 0.0666. The maximum atomic E-state index is 13.4. The number of carbonyl (C=O) groups excluding carboxylic acids is 1. The number of halogens is 1. The Hall–Kier alpha value is -2.93. The van der Waals surface area contributed by atoms with Crippen LogP contribution >= 0.6 is 0 Å². The Labute approximate surface area is 180 Å². The summed E-state index contributed by atoms with van der Waals surface area (Å²) in [4.78, 5) is 16.5. The summed E-state index contributed by atoms with van der Waals surface area (Å²) >= 11 is 0. The van der Waals surface area contributed by atoms with Crippen molar-refractivity contribution in [3.05, 3.63) is 59.0 Å². The second-order valence-electron chi connectivity index (χ2n) is 8.47. The van der Waals surface area contributed by atoms with E-state index >= 15 is 0 Å². The number of likely N-dealkylation sites (tertiary alicyclic amines) is 1. The first-order chi connectivity index (χ1) is 15.1. The average molecular weight is 423 g/mol. The van der Waals surface area contributed by atoms with E-state index in [2.05, 4.69) is 10.1 Å². The molecule has 1 aromatic heterocycles. The molecule has 2 aliphatic rings. The fourth-order valence-electron chi connectivity index (χ4n) is 4.61. The molecule has 0 atom stereocenters. The molecule has 0 N–H and O–H groups in total. The lowest BCUT2D eigenvalue weighted by atomic mass is 9.91. The molecule has 6 nitrogen and oxygen atoms in total. The van der Waals surface area contributed by atoms with E-state index in [0.717, 1.165) is 73.4 Å². The number of ether oxygens (including phenoxy) is 1. The zero-order chi connectivity index (χ0) is 21.4. The topological polar surface area (TPSA) is 58.8 Å². The molecule has 3 heterocycles. The number of benzene rings is 2. The van der Waals surface area contributed by atoms with Crippen molar-refractivity contribution in [3.8, 4) is 5.75 Å². The molecular formula is C24H26FN3O3. The van der Waals surface area contributed by atoms with Gasteiger partial charge in [-0.15, -0.1) is 0 Å². The van der Waals surface area contributed by atoms with Crippen LogP contribution in [0.5, 0.6) is 5.75 Å². The molecule has 0 unspecified atom stereocenters. The summed E-state index contributed by atoms with van der Waals surface area (Å²) in [6, 6.07) is 10.5. The zero-order valence-corrected chi connectivity index (χ0v) is 17.6. The second-order valence-corrected chi connectivity index (χ2v) is 8.47. The maximum Gasteiger partial charge on any atom is 0.254 e. The Morgan fingerprint density at radius 1 is 1.16 bits per heavy atom. The van der Waals surface area contributed by atoms with Crippen LogP contribution in [0.15, 0.2) is 40.9 Å². The van der Waals surface area contributed by atoms with Gasteiger partial charge >= 0.3 is 0 Å². The van der Waals surface area contributed by atoms with Crippen molar-refractivity contribution < 1.29 is 18.4 Å². The van der Waals surface area contributed by atoms with Gasteiger partial charge in [-0.05, 0) is 62.2 Å². The molecule has 1 amide bonds. The monoisotopic (exact) mass is 423 g/mol. The molecule has 31 heavy (non-hydrogen) atoms. The third kappa shape index (κ3) is 4.02. The molecule has 0 radical (unpaired) electrons. The lowest BCUT2D eigenvalue weighted by Crippen LogP contribution is -2.36. The number of likely N-dealkylation sites (N-methyl/N-ethyl adjacent to an activating group) is 1. The van der Waals surface area contributed by atoms with E-state index in [9.17, 15) is 9.18 Å². The van der Waals surface area contributed by atoms with E-state index in [1.807, 2.05) is 25.2 Å². The molecule has 0 bridgehead atoms. The van der Waals surface area contributed by atoms with Gasteiger partial charge in [0.15, 0.2) is 5.58 Å². The van der Waals surface area contributed by atoms with Gasteiger partial charge in [0, 0.05) is 43.1 Å². The number of nitrogens with zero attached hydrogens (tertiary/aromatic N) is 3. The third-order valence-electron chi connectivity index (χ3n) is 6.49. The van der Waals surface area contributed by atoms with Crippen molar-refractivity contribution in [1.82, 2.24) is 15.0 Å². The summed E-state index contributed by atoms with van der Waals surface area (Å²) in [5, 5.41) is 5.13. The first-order valence-corrected chi connectivity index (χ1v) is 10.9. The molecule has 0 aliphatic carbocycles. The molecule has 5 rings (SSSR count). The second kappa shape index (κ2) is 8.30. The summed E-state index contributed by atoms with van der Waals surface area (Å²) < 4.78 is 24.7. The minimum Gasteiger partial charge on any atom is -0.492 e. The first kappa shape index (κ1) is 20.0. The number of amides is 1. The SMILES string of the molecule is CN1CCc2ccc(OCCN3CCC(c4noc5cc(F)ccc45)CC3)cc2C1=O. The highest BCUT2D eigenvalue weighted by Crippen LogP contribution is 2.32. The van der Waals surface area contributed by atoms with Crippen molar-refractivity contribution in [3.63, 3.8) is 0 Å². The zero-order valence-electron chi connectivity index (χ0n) is 17.6. The Morgan fingerprint density at radius 2 is 2.00 bits per heavy atom. The summed E-state index contributed by atoms with van der Waals surface area (Å²) in [6.45, 7) is 4.10. The van der Waals surface area contributed by atoms with Crippen LogP contribution in [0.4, 0.5) is 4.39 Å². The Kier molecular flexibility index (Phi) is 5.36. The number of fused-ring (bicyclic) bond motifs is 2. The highest BCUT2D eigenvalue weighted by Gasteiger charge is 2.25. The van der Waals surface area contributed by atoms with E-state index in [1.165, 1.54) is 12.1 Å². The molecule has 2 aromatic carbocycles. The highest BCUT2D eigenvalue weighted by molar-refractivity contribution is 5.97. The number of hydrogen-bond donors (Lipinski definition) is 0. The molecular weight excluding hydrogens is 397 g/mol. The average Bonchev–Trinajstić information content (AvgIpc) is 3.20. The fraction of sp³-hybridized carbons (Fsp3) is 0.417. The predicted octanol–water partition coefficient (Wildman–Crippen LogP) is 3.85. The molecule has 3 aromatic rings. The normalized spacial score (nSPS) is 17.9.